The number of rotatable bonds is 3. The maximum atomic E-state index is 12.7. The van der Waals surface area contributed by atoms with Gasteiger partial charge in [-0.2, -0.15) is 0 Å². The van der Waals surface area contributed by atoms with Gasteiger partial charge in [0.2, 0.25) is 0 Å². The second kappa shape index (κ2) is 5.33. The third-order valence-electron chi connectivity index (χ3n) is 3.93. The smallest absolute Gasteiger partial charge is 0.270 e. The van der Waals surface area contributed by atoms with Gasteiger partial charge in [0.25, 0.3) is 5.91 Å². The molecule has 21 heavy (non-hydrogen) atoms. The van der Waals surface area contributed by atoms with Crippen molar-refractivity contribution in [2.45, 2.75) is 12.5 Å². The minimum atomic E-state index is 0.0138. The van der Waals surface area contributed by atoms with Gasteiger partial charge in [0.05, 0.1) is 18.8 Å². The molecule has 0 aliphatic carbocycles. The normalized spacial score (nSPS) is 17.9. The highest BCUT2D eigenvalue weighted by atomic mass is 16.5. The Balaban J connectivity index is 1.90. The van der Waals surface area contributed by atoms with Gasteiger partial charge < -0.3 is 14.2 Å². The number of fused-ring (bicyclic) bond motifs is 1. The molecule has 3 heterocycles. The van der Waals surface area contributed by atoms with Gasteiger partial charge in [0, 0.05) is 39.9 Å². The van der Waals surface area contributed by atoms with Gasteiger partial charge in [-0.05, 0) is 12.1 Å². The van der Waals surface area contributed by atoms with Gasteiger partial charge in [-0.15, -0.1) is 5.10 Å². The SMILES string of the molecule is COCC1CN(C(=O)c2cccn2C)Cc2nnn(C)c21. The number of carbonyl (C=O) groups excluding carboxylic acids is 1. The number of carbonyl (C=O) groups is 1. The number of nitrogens with zero attached hydrogens (tertiary/aromatic N) is 5. The van der Waals surface area contributed by atoms with E-state index in [-0.39, 0.29) is 11.8 Å². The number of aryl methyl sites for hydroxylation is 2. The summed E-state index contributed by atoms with van der Waals surface area (Å²) >= 11 is 0. The topological polar surface area (TPSA) is 65.2 Å². The molecule has 1 unspecified atom stereocenters. The van der Waals surface area contributed by atoms with Crippen molar-refractivity contribution in [3.63, 3.8) is 0 Å². The maximum Gasteiger partial charge on any atom is 0.270 e. The molecule has 0 aromatic carbocycles. The Kier molecular flexibility index (Phi) is 3.50. The molecule has 0 saturated heterocycles. The monoisotopic (exact) mass is 289 g/mol. The Bertz CT molecular complexity index is 660. The molecule has 0 N–H and O–H groups in total. The van der Waals surface area contributed by atoms with E-state index in [4.69, 9.17) is 4.74 Å². The number of hydrogen-bond acceptors (Lipinski definition) is 4. The molecule has 0 fully saturated rings. The van der Waals surface area contributed by atoms with E-state index in [2.05, 4.69) is 10.3 Å². The molecular formula is C14H19N5O2. The highest BCUT2D eigenvalue weighted by Crippen LogP contribution is 2.27. The van der Waals surface area contributed by atoms with Crippen LogP contribution < -0.4 is 0 Å². The predicted octanol–water partition coefficient (Wildman–Crippen LogP) is 0.540. The Labute approximate surface area is 123 Å². The lowest BCUT2D eigenvalue weighted by atomic mass is 9.98. The number of hydrogen-bond donors (Lipinski definition) is 0. The molecule has 0 bridgehead atoms. The predicted molar refractivity (Wildman–Crippen MR) is 75.8 cm³/mol. The molecule has 1 atom stereocenters. The molecule has 2 aromatic rings. The molecule has 2 aromatic heterocycles. The van der Waals surface area contributed by atoms with Crippen molar-refractivity contribution in [1.82, 2.24) is 24.5 Å². The largest absolute Gasteiger partial charge is 0.384 e. The molecule has 1 aliphatic heterocycles. The van der Waals surface area contributed by atoms with Gasteiger partial charge in [-0.3, -0.25) is 9.48 Å². The van der Waals surface area contributed by atoms with Gasteiger partial charge in [-0.25, -0.2) is 0 Å². The van der Waals surface area contributed by atoms with E-state index in [0.29, 0.717) is 25.4 Å². The number of aromatic nitrogens is 4. The van der Waals surface area contributed by atoms with Crippen molar-refractivity contribution in [1.29, 1.82) is 0 Å². The lowest BCUT2D eigenvalue weighted by molar-refractivity contribution is 0.0664. The summed E-state index contributed by atoms with van der Waals surface area (Å²) in [5.74, 6) is 0.114. The molecule has 1 aliphatic rings. The van der Waals surface area contributed by atoms with Crippen LogP contribution in [0.5, 0.6) is 0 Å². The van der Waals surface area contributed by atoms with E-state index in [0.717, 1.165) is 11.4 Å². The highest BCUT2D eigenvalue weighted by Gasteiger charge is 2.33. The van der Waals surface area contributed by atoms with Crippen LogP contribution in [0, 0.1) is 0 Å². The molecule has 0 spiro atoms. The number of amides is 1. The van der Waals surface area contributed by atoms with Gasteiger partial charge in [-0.1, -0.05) is 5.21 Å². The maximum absolute atomic E-state index is 12.7. The molecule has 112 valence electrons. The van der Waals surface area contributed by atoms with Crippen LogP contribution in [0.2, 0.25) is 0 Å². The Morgan fingerprint density at radius 3 is 2.95 bits per heavy atom. The first-order chi connectivity index (χ1) is 10.1. The quantitative estimate of drug-likeness (QED) is 0.827. The van der Waals surface area contributed by atoms with E-state index in [9.17, 15) is 4.79 Å². The van der Waals surface area contributed by atoms with E-state index < -0.39 is 0 Å². The summed E-state index contributed by atoms with van der Waals surface area (Å²) in [5, 5.41) is 8.25. The van der Waals surface area contributed by atoms with Crippen LogP contribution in [-0.4, -0.2) is 50.6 Å². The molecule has 3 rings (SSSR count). The third kappa shape index (κ3) is 2.33. The van der Waals surface area contributed by atoms with Crippen LogP contribution in [0.25, 0.3) is 0 Å². The first-order valence-corrected chi connectivity index (χ1v) is 6.89. The van der Waals surface area contributed by atoms with Crippen molar-refractivity contribution < 1.29 is 9.53 Å². The fraction of sp³-hybridized carbons (Fsp3) is 0.500. The first kappa shape index (κ1) is 13.8. The second-order valence-electron chi connectivity index (χ2n) is 5.39. The Morgan fingerprint density at radius 2 is 2.29 bits per heavy atom. The van der Waals surface area contributed by atoms with Crippen molar-refractivity contribution in [2.24, 2.45) is 14.1 Å². The van der Waals surface area contributed by atoms with Crippen LogP contribution >= 0.6 is 0 Å². The fourth-order valence-electron chi connectivity index (χ4n) is 2.95. The minimum absolute atomic E-state index is 0.0138. The molecule has 7 nitrogen and oxygen atoms in total. The minimum Gasteiger partial charge on any atom is -0.384 e. The van der Waals surface area contributed by atoms with Gasteiger partial charge in [0.15, 0.2) is 0 Å². The number of ether oxygens (including phenoxy) is 1. The summed E-state index contributed by atoms with van der Waals surface area (Å²) < 4.78 is 8.91. The van der Waals surface area contributed by atoms with E-state index >= 15 is 0 Å². The molecule has 0 saturated carbocycles. The summed E-state index contributed by atoms with van der Waals surface area (Å²) in [7, 11) is 5.42. The second-order valence-corrected chi connectivity index (χ2v) is 5.39. The van der Waals surface area contributed by atoms with Crippen LogP contribution in [0.15, 0.2) is 18.3 Å². The lowest BCUT2D eigenvalue weighted by Gasteiger charge is -2.32. The average Bonchev–Trinajstić information content (AvgIpc) is 3.05. The van der Waals surface area contributed by atoms with Crippen molar-refractivity contribution in [3.05, 3.63) is 35.4 Å². The Hall–Kier alpha value is -2.15. The molecular weight excluding hydrogens is 270 g/mol. The van der Waals surface area contributed by atoms with E-state index in [1.54, 1.807) is 11.8 Å². The summed E-state index contributed by atoms with van der Waals surface area (Å²) in [5.41, 5.74) is 2.60. The van der Waals surface area contributed by atoms with Gasteiger partial charge in [0.1, 0.15) is 11.4 Å². The van der Waals surface area contributed by atoms with Gasteiger partial charge >= 0.3 is 0 Å². The van der Waals surface area contributed by atoms with Crippen molar-refractivity contribution >= 4 is 5.91 Å². The standard InChI is InChI=1S/C14H19N5O2/c1-17-6-4-5-12(17)14(20)19-7-10(9-21-3)13-11(8-19)15-16-18(13)2/h4-6,10H,7-9H2,1-3H3. The first-order valence-electron chi connectivity index (χ1n) is 6.89. The molecule has 0 radical (unpaired) electrons. The molecule has 1 amide bonds. The average molecular weight is 289 g/mol. The zero-order valence-electron chi connectivity index (χ0n) is 12.5. The summed E-state index contributed by atoms with van der Waals surface area (Å²) in [6.45, 7) is 1.66. The third-order valence-corrected chi connectivity index (χ3v) is 3.93. The van der Waals surface area contributed by atoms with E-state index in [1.807, 2.05) is 41.9 Å². The Morgan fingerprint density at radius 1 is 1.48 bits per heavy atom. The van der Waals surface area contributed by atoms with E-state index in [1.165, 1.54) is 0 Å². The summed E-state index contributed by atoms with van der Waals surface area (Å²) in [6, 6.07) is 3.71. The lowest BCUT2D eigenvalue weighted by Crippen LogP contribution is -2.40. The van der Waals surface area contributed by atoms with Crippen LogP contribution in [0.1, 0.15) is 27.8 Å². The van der Waals surface area contributed by atoms with Crippen molar-refractivity contribution in [3.8, 4) is 0 Å². The van der Waals surface area contributed by atoms with Crippen molar-refractivity contribution in [2.75, 3.05) is 20.3 Å². The summed E-state index contributed by atoms with van der Waals surface area (Å²) in [6.07, 6.45) is 1.87. The number of methoxy groups -OCH3 is 1. The fourth-order valence-corrected chi connectivity index (χ4v) is 2.95. The van der Waals surface area contributed by atoms with Crippen LogP contribution in [-0.2, 0) is 25.4 Å². The zero-order chi connectivity index (χ0) is 15.0. The van der Waals surface area contributed by atoms with Crippen LogP contribution in [0.4, 0.5) is 0 Å². The van der Waals surface area contributed by atoms with Crippen LogP contribution in [0.3, 0.4) is 0 Å². The summed E-state index contributed by atoms with van der Waals surface area (Å²) in [4.78, 5) is 14.5. The highest BCUT2D eigenvalue weighted by molar-refractivity contribution is 5.92. The zero-order valence-corrected chi connectivity index (χ0v) is 12.5. The molecule has 7 heteroatoms.